The molecule has 0 aliphatic rings. The summed E-state index contributed by atoms with van der Waals surface area (Å²) in [7, 11) is 0. The second kappa shape index (κ2) is 3.23. The van der Waals surface area contributed by atoms with Crippen molar-refractivity contribution in [2.45, 2.75) is 0 Å². The van der Waals surface area contributed by atoms with Crippen LogP contribution < -0.4 is 5.73 Å². The molecule has 0 bridgehead atoms. The van der Waals surface area contributed by atoms with Crippen molar-refractivity contribution in [2.24, 2.45) is 0 Å². The predicted octanol–water partition coefficient (Wildman–Crippen LogP) is 1.91. The summed E-state index contributed by atoms with van der Waals surface area (Å²) in [5.41, 5.74) is 5.60. The van der Waals surface area contributed by atoms with Crippen molar-refractivity contribution in [1.29, 1.82) is 0 Å². The summed E-state index contributed by atoms with van der Waals surface area (Å²) in [4.78, 5) is 0. The fraction of sp³-hybridized carbons (Fsp3) is 0. The van der Waals surface area contributed by atoms with Crippen LogP contribution in [0, 0.1) is 11.6 Å². The summed E-state index contributed by atoms with van der Waals surface area (Å²) in [6.07, 6.45) is 0. The fourth-order valence-corrected chi connectivity index (χ4v) is 1.14. The van der Waals surface area contributed by atoms with Gasteiger partial charge in [0.1, 0.15) is 5.69 Å². The molecule has 4 nitrogen and oxygen atoms in total. The number of aromatic nitrogens is 1. The lowest BCUT2D eigenvalue weighted by molar-refractivity contribution is 0.396. The van der Waals surface area contributed by atoms with Crippen LogP contribution in [0.2, 0.25) is 0 Å². The monoisotopic (exact) mass is 212 g/mol. The SMILES string of the molecule is Nc1cc(-c2cc(F)c(O)c(F)c2)no1. The standard InChI is InChI=1S/C9H6F2N2O2/c10-5-1-4(2-6(11)9(5)14)7-3-8(12)15-13-7/h1-3,14H,12H2. The van der Waals surface area contributed by atoms with Crippen LogP contribution in [0.3, 0.4) is 0 Å². The highest BCUT2D eigenvalue weighted by Gasteiger charge is 2.12. The first kappa shape index (κ1) is 9.45. The maximum absolute atomic E-state index is 13.0. The molecule has 6 heteroatoms. The molecule has 0 unspecified atom stereocenters. The Morgan fingerprint density at radius 3 is 2.27 bits per heavy atom. The molecular weight excluding hydrogens is 206 g/mol. The summed E-state index contributed by atoms with van der Waals surface area (Å²) in [6.45, 7) is 0. The Morgan fingerprint density at radius 1 is 1.20 bits per heavy atom. The minimum absolute atomic E-state index is 0.0406. The Hall–Kier alpha value is -2.11. The van der Waals surface area contributed by atoms with Gasteiger partial charge in [0, 0.05) is 11.6 Å². The quantitative estimate of drug-likeness (QED) is 0.757. The average molecular weight is 212 g/mol. The lowest BCUT2D eigenvalue weighted by atomic mass is 10.1. The van der Waals surface area contributed by atoms with E-state index in [2.05, 4.69) is 9.68 Å². The molecule has 0 fully saturated rings. The lowest BCUT2D eigenvalue weighted by Gasteiger charge is -1.99. The van der Waals surface area contributed by atoms with Crippen LogP contribution in [0.4, 0.5) is 14.7 Å². The van der Waals surface area contributed by atoms with Gasteiger partial charge in [0.15, 0.2) is 17.4 Å². The van der Waals surface area contributed by atoms with Gasteiger partial charge in [-0.2, -0.15) is 0 Å². The highest BCUT2D eigenvalue weighted by Crippen LogP contribution is 2.27. The molecule has 0 amide bonds. The number of benzene rings is 1. The Kier molecular flexibility index (Phi) is 2.03. The molecule has 0 radical (unpaired) electrons. The molecule has 0 saturated heterocycles. The average Bonchev–Trinajstić information content (AvgIpc) is 2.60. The zero-order valence-corrected chi connectivity index (χ0v) is 7.37. The van der Waals surface area contributed by atoms with Gasteiger partial charge in [-0.05, 0) is 12.1 Å². The molecule has 15 heavy (non-hydrogen) atoms. The molecule has 0 atom stereocenters. The van der Waals surface area contributed by atoms with E-state index in [1.165, 1.54) is 6.07 Å². The van der Waals surface area contributed by atoms with Gasteiger partial charge >= 0.3 is 0 Å². The van der Waals surface area contributed by atoms with E-state index in [0.717, 1.165) is 12.1 Å². The van der Waals surface area contributed by atoms with E-state index in [4.69, 9.17) is 10.8 Å². The van der Waals surface area contributed by atoms with Crippen molar-refractivity contribution >= 4 is 5.88 Å². The molecule has 0 spiro atoms. The third kappa shape index (κ3) is 1.61. The maximum atomic E-state index is 13.0. The summed E-state index contributed by atoms with van der Waals surface area (Å²) < 4.78 is 30.5. The van der Waals surface area contributed by atoms with Gasteiger partial charge in [-0.15, -0.1) is 0 Å². The second-order valence-electron chi connectivity index (χ2n) is 2.90. The first-order valence-electron chi connectivity index (χ1n) is 3.98. The minimum atomic E-state index is -1.06. The second-order valence-corrected chi connectivity index (χ2v) is 2.90. The summed E-state index contributed by atoms with van der Waals surface area (Å²) in [5, 5.41) is 12.3. The van der Waals surface area contributed by atoms with Crippen molar-refractivity contribution in [3.05, 3.63) is 29.8 Å². The van der Waals surface area contributed by atoms with E-state index in [9.17, 15) is 8.78 Å². The van der Waals surface area contributed by atoms with Crippen molar-refractivity contribution in [1.82, 2.24) is 5.16 Å². The van der Waals surface area contributed by atoms with Crippen LogP contribution >= 0.6 is 0 Å². The Labute approximate surface area is 82.9 Å². The van der Waals surface area contributed by atoms with Crippen LogP contribution in [0.25, 0.3) is 11.3 Å². The molecule has 2 rings (SSSR count). The van der Waals surface area contributed by atoms with E-state index in [-0.39, 0.29) is 17.1 Å². The number of nitrogens with zero attached hydrogens (tertiary/aromatic N) is 1. The lowest BCUT2D eigenvalue weighted by Crippen LogP contribution is -1.86. The molecule has 0 saturated carbocycles. The number of nitrogens with two attached hydrogens (primary N) is 1. The number of phenolic OH excluding ortho intramolecular Hbond substituents is 1. The van der Waals surface area contributed by atoms with E-state index < -0.39 is 17.4 Å². The first-order valence-corrected chi connectivity index (χ1v) is 3.98. The zero-order valence-electron chi connectivity index (χ0n) is 7.37. The molecule has 1 aromatic heterocycles. The van der Waals surface area contributed by atoms with E-state index >= 15 is 0 Å². The summed E-state index contributed by atoms with van der Waals surface area (Å²) >= 11 is 0. The highest BCUT2D eigenvalue weighted by atomic mass is 19.1. The normalized spacial score (nSPS) is 10.5. The molecular formula is C9H6F2N2O2. The highest BCUT2D eigenvalue weighted by molar-refractivity contribution is 5.62. The molecule has 3 N–H and O–H groups in total. The number of phenols is 1. The van der Waals surface area contributed by atoms with Gasteiger partial charge in [0.2, 0.25) is 5.88 Å². The van der Waals surface area contributed by atoms with Crippen LogP contribution in [0.15, 0.2) is 22.7 Å². The van der Waals surface area contributed by atoms with Crippen molar-refractivity contribution in [2.75, 3.05) is 5.73 Å². The van der Waals surface area contributed by atoms with Crippen LogP contribution in [-0.2, 0) is 0 Å². The molecule has 0 aliphatic carbocycles. The van der Waals surface area contributed by atoms with E-state index in [0.29, 0.717) is 0 Å². The van der Waals surface area contributed by atoms with Gasteiger partial charge < -0.3 is 15.4 Å². The number of aromatic hydroxyl groups is 1. The first-order chi connectivity index (χ1) is 7.08. The zero-order chi connectivity index (χ0) is 11.0. The number of halogens is 2. The number of hydrogen-bond donors (Lipinski definition) is 2. The predicted molar refractivity (Wildman–Crippen MR) is 47.9 cm³/mol. The molecule has 1 heterocycles. The smallest absolute Gasteiger partial charge is 0.222 e. The van der Waals surface area contributed by atoms with Gasteiger partial charge in [0.05, 0.1) is 0 Å². The maximum Gasteiger partial charge on any atom is 0.222 e. The largest absolute Gasteiger partial charge is 0.503 e. The van der Waals surface area contributed by atoms with Crippen molar-refractivity contribution in [3.63, 3.8) is 0 Å². The summed E-state index contributed by atoms with van der Waals surface area (Å²) in [6, 6.07) is 3.21. The van der Waals surface area contributed by atoms with Gasteiger partial charge in [0.25, 0.3) is 0 Å². The molecule has 1 aromatic carbocycles. The minimum Gasteiger partial charge on any atom is -0.503 e. The third-order valence-electron chi connectivity index (χ3n) is 1.84. The van der Waals surface area contributed by atoms with Crippen LogP contribution in [0.1, 0.15) is 0 Å². The fourth-order valence-electron chi connectivity index (χ4n) is 1.14. The Morgan fingerprint density at radius 2 is 1.80 bits per heavy atom. The number of nitrogen functional groups attached to an aromatic ring is 1. The Balaban J connectivity index is 2.55. The number of hydrogen-bond acceptors (Lipinski definition) is 4. The summed E-state index contributed by atoms with van der Waals surface area (Å²) in [5.74, 6) is -3.10. The van der Waals surface area contributed by atoms with Crippen LogP contribution in [-0.4, -0.2) is 10.3 Å². The van der Waals surface area contributed by atoms with E-state index in [1.54, 1.807) is 0 Å². The molecule has 2 aromatic rings. The van der Waals surface area contributed by atoms with Crippen molar-refractivity contribution < 1.29 is 18.4 Å². The number of anilines is 1. The van der Waals surface area contributed by atoms with E-state index in [1.807, 2.05) is 0 Å². The van der Waals surface area contributed by atoms with Gasteiger partial charge in [-0.1, -0.05) is 5.16 Å². The Bertz CT molecular complexity index is 488. The molecule has 0 aliphatic heterocycles. The van der Waals surface area contributed by atoms with Crippen LogP contribution in [0.5, 0.6) is 5.75 Å². The molecule has 78 valence electrons. The number of rotatable bonds is 1. The van der Waals surface area contributed by atoms with Gasteiger partial charge in [-0.3, -0.25) is 0 Å². The van der Waals surface area contributed by atoms with Crippen molar-refractivity contribution in [3.8, 4) is 17.0 Å². The topological polar surface area (TPSA) is 72.3 Å². The third-order valence-corrected chi connectivity index (χ3v) is 1.84. The van der Waals surface area contributed by atoms with Gasteiger partial charge in [-0.25, -0.2) is 8.78 Å².